The Kier molecular flexibility index (Phi) is 4.00. The van der Waals surface area contributed by atoms with Crippen LogP contribution in [-0.4, -0.2) is 35.5 Å². The summed E-state index contributed by atoms with van der Waals surface area (Å²) in [5.74, 6) is 0.576. The van der Waals surface area contributed by atoms with E-state index in [4.69, 9.17) is 4.74 Å². The van der Waals surface area contributed by atoms with Gasteiger partial charge in [-0.1, -0.05) is 18.2 Å². The molecule has 0 radical (unpaired) electrons. The summed E-state index contributed by atoms with van der Waals surface area (Å²) in [5, 5.41) is 1.00. The van der Waals surface area contributed by atoms with Crippen LogP contribution in [0.3, 0.4) is 0 Å². The Morgan fingerprint density at radius 1 is 1.37 bits per heavy atom. The number of carbonyl (C=O) groups excluding carboxylic acids is 1. The quantitative estimate of drug-likeness (QED) is 0.846. The van der Waals surface area contributed by atoms with Crippen molar-refractivity contribution in [3.05, 3.63) is 36.5 Å². The van der Waals surface area contributed by atoms with E-state index in [2.05, 4.69) is 4.98 Å². The molecule has 100 valence electrons. The van der Waals surface area contributed by atoms with Gasteiger partial charge in [0.1, 0.15) is 5.75 Å². The van der Waals surface area contributed by atoms with Crippen LogP contribution in [0.4, 0.5) is 0 Å². The number of aromatic nitrogens is 1. The van der Waals surface area contributed by atoms with Gasteiger partial charge in [0.15, 0.2) is 6.61 Å². The monoisotopic (exact) mass is 258 g/mol. The van der Waals surface area contributed by atoms with Gasteiger partial charge < -0.3 is 9.64 Å². The van der Waals surface area contributed by atoms with Crippen molar-refractivity contribution in [3.63, 3.8) is 0 Å². The van der Waals surface area contributed by atoms with Gasteiger partial charge in [-0.3, -0.25) is 9.78 Å². The van der Waals surface area contributed by atoms with Gasteiger partial charge in [0.05, 0.1) is 11.7 Å². The molecule has 0 aliphatic rings. The van der Waals surface area contributed by atoms with Crippen LogP contribution in [0.25, 0.3) is 10.9 Å². The molecule has 2 rings (SSSR count). The number of fused-ring (bicyclic) bond motifs is 1. The molecule has 4 nitrogen and oxygen atoms in total. The van der Waals surface area contributed by atoms with Crippen molar-refractivity contribution in [1.29, 1.82) is 0 Å². The van der Waals surface area contributed by atoms with Gasteiger partial charge >= 0.3 is 0 Å². The van der Waals surface area contributed by atoms with Crippen LogP contribution in [0.15, 0.2) is 36.5 Å². The number of carbonyl (C=O) groups is 1. The lowest BCUT2D eigenvalue weighted by Crippen LogP contribution is -2.36. The number of rotatable bonds is 4. The standard InChI is InChI=1S/C15H18N2O2/c1-11(2)17(3)15(18)10-19-13-8-12-6-4-5-7-14(12)16-9-13/h4-9,11H,10H2,1-3H3. The van der Waals surface area contributed by atoms with Gasteiger partial charge in [-0.2, -0.15) is 0 Å². The largest absolute Gasteiger partial charge is 0.482 e. The van der Waals surface area contributed by atoms with Crippen LogP contribution < -0.4 is 4.74 Å². The van der Waals surface area contributed by atoms with Crippen LogP contribution in [0.5, 0.6) is 5.75 Å². The number of benzene rings is 1. The summed E-state index contributed by atoms with van der Waals surface area (Å²) >= 11 is 0. The number of nitrogens with zero attached hydrogens (tertiary/aromatic N) is 2. The van der Waals surface area contributed by atoms with Crippen LogP contribution in [0.2, 0.25) is 0 Å². The molecule has 0 bridgehead atoms. The van der Waals surface area contributed by atoms with Crippen molar-refractivity contribution in [2.45, 2.75) is 19.9 Å². The first-order valence-corrected chi connectivity index (χ1v) is 6.31. The van der Waals surface area contributed by atoms with Crippen molar-refractivity contribution in [2.75, 3.05) is 13.7 Å². The molecular formula is C15H18N2O2. The Hall–Kier alpha value is -2.10. The molecule has 0 fully saturated rings. The fourth-order valence-electron chi connectivity index (χ4n) is 1.66. The molecule has 1 amide bonds. The highest BCUT2D eigenvalue weighted by Crippen LogP contribution is 2.17. The van der Waals surface area contributed by atoms with Crippen molar-refractivity contribution in [3.8, 4) is 5.75 Å². The molecule has 0 aliphatic carbocycles. The molecule has 0 saturated heterocycles. The highest BCUT2D eigenvalue weighted by molar-refractivity contribution is 5.80. The average Bonchev–Trinajstić information content (AvgIpc) is 2.43. The SMILES string of the molecule is CC(C)N(C)C(=O)COc1cnc2ccccc2c1. The van der Waals surface area contributed by atoms with Gasteiger partial charge in [-0.05, 0) is 26.0 Å². The lowest BCUT2D eigenvalue weighted by Gasteiger charge is -2.21. The molecule has 0 unspecified atom stereocenters. The van der Waals surface area contributed by atoms with Gasteiger partial charge in [0.25, 0.3) is 5.91 Å². The summed E-state index contributed by atoms with van der Waals surface area (Å²) in [6.07, 6.45) is 1.64. The average molecular weight is 258 g/mol. The second-order valence-corrected chi connectivity index (χ2v) is 4.75. The molecule has 1 heterocycles. The van der Waals surface area contributed by atoms with E-state index in [9.17, 15) is 4.79 Å². The van der Waals surface area contributed by atoms with E-state index >= 15 is 0 Å². The highest BCUT2D eigenvalue weighted by Gasteiger charge is 2.12. The summed E-state index contributed by atoms with van der Waals surface area (Å²) in [6, 6.07) is 9.87. The second-order valence-electron chi connectivity index (χ2n) is 4.75. The molecular weight excluding hydrogens is 240 g/mol. The van der Waals surface area contributed by atoms with Crippen LogP contribution in [-0.2, 0) is 4.79 Å². The van der Waals surface area contributed by atoms with Crippen molar-refractivity contribution in [2.24, 2.45) is 0 Å². The summed E-state index contributed by atoms with van der Waals surface area (Å²) < 4.78 is 5.49. The number of pyridine rings is 1. The maximum atomic E-state index is 11.8. The molecule has 0 atom stereocenters. The molecule has 0 spiro atoms. The topological polar surface area (TPSA) is 42.4 Å². The zero-order chi connectivity index (χ0) is 13.8. The van der Waals surface area contributed by atoms with E-state index < -0.39 is 0 Å². The molecule has 0 saturated carbocycles. The third-order valence-electron chi connectivity index (χ3n) is 3.10. The van der Waals surface area contributed by atoms with Crippen LogP contribution in [0.1, 0.15) is 13.8 Å². The minimum absolute atomic E-state index is 0.0364. The maximum Gasteiger partial charge on any atom is 0.260 e. The van der Waals surface area contributed by atoms with Gasteiger partial charge in [-0.15, -0.1) is 0 Å². The first-order valence-electron chi connectivity index (χ1n) is 6.31. The molecule has 0 N–H and O–H groups in total. The smallest absolute Gasteiger partial charge is 0.260 e. The highest BCUT2D eigenvalue weighted by atomic mass is 16.5. The van der Waals surface area contributed by atoms with Crippen LogP contribution in [0, 0.1) is 0 Å². The summed E-state index contributed by atoms with van der Waals surface area (Å²) in [4.78, 5) is 17.8. The zero-order valence-corrected chi connectivity index (χ0v) is 11.5. The van der Waals surface area contributed by atoms with E-state index in [-0.39, 0.29) is 18.6 Å². The summed E-state index contributed by atoms with van der Waals surface area (Å²) in [6.45, 7) is 3.97. The van der Waals surface area contributed by atoms with Gasteiger partial charge in [0, 0.05) is 18.5 Å². The minimum atomic E-state index is -0.0387. The number of hydrogen-bond donors (Lipinski definition) is 0. The first-order chi connectivity index (χ1) is 9.08. The third kappa shape index (κ3) is 3.22. The molecule has 0 aliphatic heterocycles. The number of amides is 1. The summed E-state index contributed by atoms with van der Waals surface area (Å²) in [5.41, 5.74) is 0.917. The van der Waals surface area contributed by atoms with Crippen molar-refractivity contribution in [1.82, 2.24) is 9.88 Å². The lowest BCUT2D eigenvalue weighted by molar-refractivity contribution is -0.133. The lowest BCUT2D eigenvalue weighted by atomic mass is 10.2. The Bertz CT molecular complexity index is 581. The van der Waals surface area contributed by atoms with E-state index in [1.54, 1.807) is 18.1 Å². The normalized spacial score (nSPS) is 10.7. The fourth-order valence-corrected chi connectivity index (χ4v) is 1.66. The Labute approximate surface area is 113 Å². The molecule has 1 aromatic heterocycles. The zero-order valence-electron chi connectivity index (χ0n) is 11.5. The second kappa shape index (κ2) is 5.69. The Morgan fingerprint density at radius 2 is 2.11 bits per heavy atom. The number of para-hydroxylation sites is 1. The Balaban J connectivity index is 2.04. The fraction of sp³-hybridized carbons (Fsp3) is 0.333. The van der Waals surface area contributed by atoms with Gasteiger partial charge in [-0.25, -0.2) is 0 Å². The van der Waals surface area contributed by atoms with E-state index in [0.29, 0.717) is 5.75 Å². The van der Waals surface area contributed by atoms with Crippen molar-refractivity contribution >= 4 is 16.8 Å². The molecule has 1 aromatic carbocycles. The summed E-state index contributed by atoms with van der Waals surface area (Å²) in [7, 11) is 1.77. The number of likely N-dealkylation sites (N-methyl/N-ethyl adjacent to an activating group) is 1. The Morgan fingerprint density at radius 3 is 2.84 bits per heavy atom. The van der Waals surface area contributed by atoms with Crippen LogP contribution >= 0.6 is 0 Å². The maximum absolute atomic E-state index is 11.8. The molecule has 19 heavy (non-hydrogen) atoms. The van der Waals surface area contributed by atoms with Gasteiger partial charge in [0.2, 0.25) is 0 Å². The van der Waals surface area contributed by atoms with E-state index in [0.717, 1.165) is 10.9 Å². The predicted molar refractivity (Wildman–Crippen MR) is 75.1 cm³/mol. The first kappa shape index (κ1) is 13.3. The predicted octanol–water partition coefficient (Wildman–Crippen LogP) is 2.48. The van der Waals surface area contributed by atoms with Crippen molar-refractivity contribution < 1.29 is 9.53 Å². The third-order valence-corrected chi connectivity index (χ3v) is 3.10. The van der Waals surface area contributed by atoms with E-state index in [1.165, 1.54) is 0 Å². The number of hydrogen-bond acceptors (Lipinski definition) is 3. The molecule has 4 heteroatoms. The van der Waals surface area contributed by atoms with E-state index in [1.807, 2.05) is 44.2 Å². The molecule has 2 aromatic rings. The number of ether oxygens (including phenoxy) is 1. The minimum Gasteiger partial charge on any atom is -0.482 e.